The van der Waals surface area contributed by atoms with Crippen LogP contribution in [0.1, 0.15) is 175 Å². The minimum atomic E-state index is 0.542. The lowest BCUT2D eigenvalue weighted by Crippen LogP contribution is -2.14. The van der Waals surface area contributed by atoms with E-state index in [2.05, 4.69) is 20.8 Å². The van der Waals surface area contributed by atoms with E-state index >= 15 is 0 Å². The van der Waals surface area contributed by atoms with E-state index in [-0.39, 0.29) is 0 Å². The van der Waals surface area contributed by atoms with Crippen molar-refractivity contribution < 1.29 is 4.74 Å². The van der Waals surface area contributed by atoms with Gasteiger partial charge in [0.25, 0.3) is 0 Å². The van der Waals surface area contributed by atoms with E-state index in [1.54, 1.807) is 0 Å². The zero-order valence-corrected chi connectivity index (χ0v) is 21.7. The van der Waals surface area contributed by atoms with Gasteiger partial charge in [0.15, 0.2) is 0 Å². The molecule has 0 spiro atoms. The molecule has 182 valence electrons. The zero-order valence-electron chi connectivity index (χ0n) is 21.7. The van der Waals surface area contributed by atoms with Crippen molar-refractivity contribution in [1.29, 1.82) is 0 Å². The average molecular weight is 425 g/mol. The normalized spacial score (nSPS) is 12.5. The predicted octanol–water partition coefficient (Wildman–Crippen LogP) is 10.8. The maximum atomic E-state index is 6.35. The SMILES string of the molecule is CCCCCCCCCCCCCOC(CCCCCC)CCCCCCCCC. The first-order valence-corrected chi connectivity index (χ1v) is 14.5. The zero-order chi connectivity index (χ0) is 22.0. The molecule has 1 heteroatoms. The molecule has 1 nitrogen and oxygen atoms in total. The molecule has 0 amide bonds. The second-order valence-corrected chi connectivity index (χ2v) is 9.79. The molecule has 0 saturated heterocycles. The Hall–Kier alpha value is -0.0400. The lowest BCUT2D eigenvalue weighted by atomic mass is 10.0. The van der Waals surface area contributed by atoms with E-state index in [1.807, 2.05) is 0 Å². The topological polar surface area (TPSA) is 9.23 Å². The van der Waals surface area contributed by atoms with Gasteiger partial charge in [-0.05, 0) is 19.3 Å². The van der Waals surface area contributed by atoms with Crippen LogP contribution in [0.4, 0.5) is 0 Å². The Morgan fingerprint density at radius 2 is 0.667 bits per heavy atom. The van der Waals surface area contributed by atoms with Gasteiger partial charge in [-0.3, -0.25) is 0 Å². The summed E-state index contributed by atoms with van der Waals surface area (Å²) in [6, 6.07) is 0. The quantitative estimate of drug-likeness (QED) is 0.125. The third kappa shape index (κ3) is 24.2. The van der Waals surface area contributed by atoms with Gasteiger partial charge in [0.05, 0.1) is 6.10 Å². The van der Waals surface area contributed by atoms with E-state index < -0.39 is 0 Å². The van der Waals surface area contributed by atoms with Gasteiger partial charge in [-0.15, -0.1) is 0 Å². The molecule has 0 aliphatic carbocycles. The molecule has 1 atom stereocenters. The molecule has 0 saturated carbocycles. The van der Waals surface area contributed by atoms with Gasteiger partial charge in [0, 0.05) is 6.61 Å². The Morgan fingerprint density at radius 3 is 1.07 bits per heavy atom. The van der Waals surface area contributed by atoms with Crippen LogP contribution in [0.5, 0.6) is 0 Å². The first kappa shape index (κ1) is 30.0. The minimum absolute atomic E-state index is 0.542. The van der Waals surface area contributed by atoms with Crippen molar-refractivity contribution in [3.8, 4) is 0 Å². The molecular formula is C29H60O. The van der Waals surface area contributed by atoms with Crippen molar-refractivity contribution in [2.75, 3.05) is 6.61 Å². The summed E-state index contributed by atoms with van der Waals surface area (Å²) in [6.07, 6.45) is 34.1. The molecule has 0 radical (unpaired) electrons. The summed E-state index contributed by atoms with van der Waals surface area (Å²) in [5.74, 6) is 0. The highest BCUT2D eigenvalue weighted by Gasteiger charge is 2.09. The predicted molar refractivity (Wildman–Crippen MR) is 138 cm³/mol. The van der Waals surface area contributed by atoms with Crippen LogP contribution in [0.2, 0.25) is 0 Å². The lowest BCUT2D eigenvalue weighted by molar-refractivity contribution is 0.0357. The van der Waals surface area contributed by atoms with Gasteiger partial charge in [-0.2, -0.15) is 0 Å². The number of ether oxygens (including phenoxy) is 1. The molecule has 0 bridgehead atoms. The average Bonchev–Trinajstić information content (AvgIpc) is 2.76. The fourth-order valence-electron chi connectivity index (χ4n) is 4.46. The first-order chi connectivity index (χ1) is 14.8. The minimum Gasteiger partial charge on any atom is -0.378 e. The van der Waals surface area contributed by atoms with Crippen LogP contribution < -0.4 is 0 Å². The van der Waals surface area contributed by atoms with Gasteiger partial charge in [0.1, 0.15) is 0 Å². The fraction of sp³-hybridized carbons (Fsp3) is 1.00. The summed E-state index contributed by atoms with van der Waals surface area (Å²) in [5.41, 5.74) is 0. The second-order valence-electron chi connectivity index (χ2n) is 9.79. The first-order valence-electron chi connectivity index (χ1n) is 14.5. The largest absolute Gasteiger partial charge is 0.378 e. The Kier molecular flexibility index (Phi) is 27.0. The summed E-state index contributed by atoms with van der Waals surface area (Å²) < 4.78 is 6.35. The Balaban J connectivity index is 3.64. The van der Waals surface area contributed by atoms with Crippen molar-refractivity contribution in [1.82, 2.24) is 0 Å². The monoisotopic (exact) mass is 424 g/mol. The van der Waals surface area contributed by atoms with Gasteiger partial charge in [-0.25, -0.2) is 0 Å². The van der Waals surface area contributed by atoms with E-state index in [4.69, 9.17) is 4.74 Å². The maximum absolute atomic E-state index is 6.35. The number of hydrogen-bond donors (Lipinski definition) is 0. The van der Waals surface area contributed by atoms with E-state index in [0.29, 0.717) is 6.10 Å². The van der Waals surface area contributed by atoms with Crippen LogP contribution >= 0.6 is 0 Å². The molecule has 30 heavy (non-hydrogen) atoms. The summed E-state index contributed by atoms with van der Waals surface area (Å²) >= 11 is 0. The van der Waals surface area contributed by atoms with Crippen LogP contribution in [0, 0.1) is 0 Å². The highest BCUT2D eigenvalue weighted by molar-refractivity contribution is 4.60. The third-order valence-electron chi connectivity index (χ3n) is 6.61. The van der Waals surface area contributed by atoms with Crippen molar-refractivity contribution in [3.05, 3.63) is 0 Å². The van der Waals surface area contributed by atoms with E-state index in [9.17, 15) is 0 Å². The molecule has 0 aromatic rings. The Morgan fingerprint density at radius 1 is 0.367 bits per heavy atom. The molecule has 0 aliphatic heterocycles. The Bertz CT molecular complexity index is 288. The second kappa shape index (κ2) is 27.0. The molecule has 0 aromatic heterocycles. The molecule has 0 aliphatic rings. The van der Waals surface area contributed by atoms with Crippen molar-refractivity contribution in [2.24, 2.45) is 0 Å². The Labute approximate surface area is 192 Å². The van der Waals surface area contributed by atoms with Gasteiger partial charge >= 0.3 is 0 Å². The van der Waals surface area contributed by atoms with Crippen LogP contribution in [0.15, 0.2) is 0 Å². The highest BCUT2D eigenvalue weighted by Crippen LogP contribution is 2.17. The standard InChI is InChI=1S/C29H60O/c1-4-7-10-13-15-16-17-18-20-22-25-28-30-29(26-23-12-9-6-3)27-24-21-19-14-11-8-5-2/h29H,4-28H2,1-3H3. The van der Waals surface area contributed by atoms with Gasteiger partial charge in [-0.1, -0.05) is 156 Å². The van der Waals surface area contributed by atoms with Crippen molar-refractivity contribution >= 4 is 0 Å². The third-order valence-corrected chi connectivity index (χ3v) is 6.61. The molecular weight excluding hydrogens is 364 g/mol. The van der Waals surface area contributed by atoms with Crippen LogP contribution in [-0.2, 0) is 4.74 Å². The lowest BCUT2D eigenvalue weighted by Gasteiger charge is -2.18. The number of unbranched alkanes of at least 4 members (excludes halogenated alkanes) is 19. The molecule has 0 aromatic carbocycles. The number of hydrogen-bond acceptors (Lipinski definition) is 1. The summed E-state index contributed by atoms with van der Waals surface area (Å²) in [6.45, 7) is 7.91. The van der Waals surface area contributed by atoms with Gasteiger partial charge < -0.3 is 4.74 Å². The molecule has 0 heterocycles. The summed E-state index contributed by atoms with van der Waals surface area (Å²) in [5, 5.41) is 0. The summed E-state index contributed by atoms with van der Waals surface area (Å²) in [7, 11) is 0. The number of rotatable bonds is 26. The van der Waals surface area contributed by atoms with Crippen molar-refractivity contribution in [2.45, 2.75) is 181 Å². The van der Waals surface area contributed by atoms with Crippen LogP contribution in [-0.4, -0.2) is 12.7 Å². The molecule has 0 fully saturated rings. The molecule has 0 rings (SSSR count). The van der Waals surface area contributed by atoms with Crippen molar-refractivity contribution in [3.63, 3.8) is 0 Å². The molecule has 1 unspecified atom stereocenters. The fourth-order valence-corrected chi connectivity index (χ4v) is 4.46. The van der Waals surface area contributed by atoms with Crippen LogP contribution in [0.3, 0.4) is 0 Å². The highest BCUT2D eigenvalue weighted by atomic mass is 16.5. The van der Waals surface area contributed by atoms with E-state index in [0.717, 1.165) is 6.61 Å². The van der Waals surface area contributed by atoms with E-state index in [1.165, 1.54) is 154 Å². The smallest absolute Gasteiger partial charge is 0.0575 e. The van der Waals surface area contributed by atoms with Gasteiger partial charge in [0.2, 0.25) is 0 Å². The maximum Gasteiger partial charge on any atom is 0.0575 e. The molecule has 0 N–H and O–H groups in total. The summed E-state index contributed by atoms with van der Waals surface area (Å²) in [4.78, 5) is 0. The van der Waals surface area contributed by atoms with Crippen LogP contribution in [0.25, 0.3) is 0 Å².